The zero-order valence-corrected chi connectivity index (χ0v) is 16.0. The molecule has 0 aliphatic carbocycles. The average molecular weight is 367 g/mol. The van der Waals surface area contributed by atoms with Gasteiger partial charge in [-0.3, -0.25) is 14.6 Å². The number of H-pyrrole nitrogens is 1. The lowest BCUT2D eigenvalue weighted by Gasteiger charge is -2.32. The first-order valence-corrected chi connectivity index (χ1v) is 8.94. The van der Waals surface area contributed by atoms with E-state index >= 15 is 0 Å². The maximum atomic E-state index is 12.8. The van der Waals surface area contributed by atoms with Crippen molar-refractivity contribution < 1.29 is 9.59 Å². The molecule has 1 aromatic heterocycles. The average Bonchev–Trinajstić information content (AvgIpc) is 3.08. The molecule has 0 bridgehead atoms. The van der Waals surface area contributed by atoms with Gasteiger partial charge >= 0.3 is 0 Å². The normalized spacial score (nSPS) is 16.8. The van der Waals surface area contributed by atoms with Crippen LogP contribution < -0.4 is 5.73 Å². The zero-order chi connectivity index (χ0) is 19.6. The van der Waals surface area contributed by atoms with E-state index in [9.17, 15) is 9.59 Å². The molecule has 142 valence electrons. The molecule has 1 aliphatic heterocycles. The Balaban J connectivity index is 1.88. The van der Waals surface area contributed by atoms with Gasteiger partial charge in [0.25, 0.3) is 5.91 Å². The number of piperazine rings is 1. The van der Waals surface area contributed by atoms with Crippen LogP contribution in [-0.2, 0) is 0 Å². The van der Waals surface area contributed by atoms with E-state index < -0.39 is 0 Å². The number of Topliss-reactive ketones (excluding diaryl/α,β-unsaturated/α-hetero) is 1. The SMILES string of the molecule is CN=C/C(C(=O)c1cc2cc(C(=O)N3CCN(C)CC3)ccc2[nH]1)=C(\C)N. The Kier molecular flexibility index (Phi) is 5.41. The number of hydrogen-bond donors (Lipinski definition) is 2. The number of aromatic nitrogens is 1. The number of likely N-dealkylation sites (N-methyl/N-ethyl adjacent to an activating group) is 1. The standard InChI is InChI=1S/C20H25N5O2/c1-13(21)16(12-22-2)19(26)18-11-15-10-14(4-5-17(15)23-18)20(27)25-8-6-24(3)7-9-25/h4-5,10-12,23H,6-9,21H2,1-3H3/b16-13-,22-12?. The van der Waals surface area contributed by atoms with Gasteiger partial charge in [0.1, 0.15) is 0 Å². The summed E-state index contributed by atoms with van der Waals surface area (Å²) >= 11 is 0. The van der Waals surface area contributed by atoms with Crippen molar-refractivity contribution >= 4 is 28.8 Å². The van der Waals surface area contributed by atoms with Crippen LogP contribution >= 0.6 is 0 Å². The molecular weight excluding hydrogens is 342 g/mol. The minimum Gasteiger partial charge on any atom is -0.402 e. The van der Waals surface area contributed by atoms with E-state index in [2.05, 4.69) is 21.9 Å². The van der Waals surface area contributed by atoms with E-state index in [1.54, 1.807) is 26.1 Å². The maximum absolute atomic E-state index is 12.8. The quantitative estimate of drug-likeness (QED) is 0.488. The summed E-state index contributed by atoms with van der Waals surface area (Å²) in [6.45, 7) is 4.88. The molecule has 0 atom stereocenters. The maximum Gasteiger partial charge on any atom is 0.253 e. The van der Waals surface area contributed by atoms with E-state index in [4.69, 9.17) is 5.73 Å². The van der Waals surface area contributed by atoms with Crippen molar-refractivity contribution in [2.75, 3.05) is 40.3 Å². The number of benzene rings is 1. The highest BCUT2D eigenvalue weighted by Crippen LogP contribution is 2.21. The third-order valence-corrected chi connectivity index (χ3v) is 4.83. The number of aliphatic imine (C=N–C) groups is 1. The molecule has 1 aromatic carbocycles. The van der Waals surface area contributed by atoms with Crippen LogP contribution in [0.5, 0.6) is 0 Å². The van der Waals surface area contributed by atoms with Gasteiger partial charge in [-0.05, 0) is 38.2 Å². The van der Waals surface area contributed by atoms with Crippen LogP contribution in [0.3, 0.4) is 0 Å². The summed E-state index contributed by atoms with van der Waals surface area (Å²) in [5, 5.41) is 0.820. The van der Waals surface area contributed by atoms with Crippen LogP contribution in [0.2, 0.25) is 0 Å². The lowest BCUT2D eigenvalue weighted by Crippen LogP contribution is -2.47. The van der Waals surface area contributed by atoms with Crippen LogP contribution in [0.1, 0.15) is 27.8 Å². The molecular formula is C20H25N5O2. The van der Waals surface area contributed by atoms with E-state index in [1.165, 1.54) is 6.21 Å². The number of hydrogen-bond acceptors (Lipinski definition) is 5. The molecule has 1 amide bonds. The molecule has 1 fully saturated rings. The topological polar surface area (TPSA) is 94.8 Å². The van der Waals surface area contributed by atoms with Crippen molar-refractivity contribution in [3.63, 3.8) is 0 Å². The van der Waals surface area contributed by atoms with Gasteiger partial charge in [-0.1, -0.05) is 0 Å². The highest BCUT2D eigenvalue weighted by Gasteiger charge is 2.21. The molecule has 0 saturated carbocycles. The first-order valence-electron chi connectivity index (χ1n) is 8.94. The molecule has 2 aromatic rings. The summed E-state index contributed by atoms with van der Waals surface area (Å²) < 4.78 is 0. The lowest BCUT2D eigenvalue weighted by atomic mass is 10.1. The van der Waals surface area contributed by atoms with E-state index in [-0.39, 0.29) is 11.7 Å². The lowest BCUT2D eigenvalue weighted by molar-refractivity contribution is 0.0664. The van der Waals surface area contributed by atoms with Crippen LogP contribution in [0.4, 0.5) is 0 Å². The molecule has 7 heteroatoms. The smallest absolute Gasteiger partial charge is 0.253 e. The largest absolute Gasteiger partial charge is 0.402 e. The third-order valence-electron chi connectivity index (χ3n) is 4.83. The second-order valence-electron chi connectivity index (χ2n) is 6.89. The van der Waals surface area contributed by atoms with Crippen molar-refractivity contribution in [3.8, 4) is 0 Å². The number of nitrogens with one attached hydrogen (secondary N) is 1. The minimum absolute atomic E-state index is 0.0237. The van der Waals surface area contributed by atoms with E-state index in [0.29, 0.717) is 22.5 Å². The highest BCUT2D eigenvalue weighted by molar-refractivity contribution is 6.22. The number of carbonyl (C=O) groups is 2. The number of amides is 1. The van der Waals surface area contributed by atoms with Gasteiger partial charge in [-0.2, -0.15) is 0 Å². The van der Waals surface area contributed by atoms with Crippen molar-refractivity contribution in [1.82, 2.24) is 14.8 Å². The number of nitrogens with two attached hydrogens (primary N) is 1. The minimum atomic E-state index is -0.219. The number of fused-ring (bicyclic) bond motifs is 1. The van der Waals surface area contributed by atoms with Crippen LogP contribution in [-0.4, -0.2) is 73.0 Å². The number of carbonyl (C=O) groups excluding carboxylic acids is 2. The number of ketones is 1. The zero-order valence-electron chi connectivity index (χ0n) is 16.0. The monoisotopic (exact) mass is 367 g/mol. The van der Waals surface area contributed by atoms with Gasteiger partial charge < -0.3 is 20.5 Å². The van der Waals surface area contributed by atoms with Crippen molar-refractivity contribution in [2.45, 2.75) is 6.92 Å². The van der Waals surface area contributed by atoms with Crippen LogP contribution in [0, 0.1) is 0 Å². The second-order valence-corrected chi connectivity index (χ2v) is 6.89. The summed E-state index contributed by atoms with van der Waals surface area (Å²) in [5.41, 5.74) is 8.44. The third kappa shape index (κ3) is 3.93. The van der Waals surface area contributed by atoms with Gasteiger partial charge in [0.15, 0.2) is 0 Å². The van der Waals surface area contributed by atoms with Gasteiger partial charge in [0.05, 0.1) is 11.3 Å². The summed E-state index contributed by atoms with van der Waals surface area (Å²) in [7, 11) is 3.65. The number of aromatic amines is 1. The molecule has 27 heavy (non-hydrogen) atoms. The molecule has 3 N–H and O–H groups in total. The fourth-order valence-electron chi connectivity index (χ4n) is 3.19. The van der Waals surface area contributed by atoms with Gasteiger partial charge in [-0.25, -0.2) is 0 Å². The first-order chi connectivity index (χ1) is 12.9. The molecule has 1 aliphatic rings. The van der Waals surface area contributed by atoms with Crippen LogP contribution in [0.15, 0.2) is 40.5 Å². The van der Waals surface area contributed by atoms with Crippen molar-refractivity contribution in [2.24, 2.45) is 10.7 Å². The Hall–Kier alpha value is -2.93. The van der Waals surface area contributed by atoms with E-state index in [1.807, 2.05) is 17.0 Å². The van der Waals surface area contributed by atoms with Gasteiger partial charge in [-0.15, -0.1) is 0 Å². The molecule has 0 spiro atoms. The number of rotatable bonds is 4. The second kappa shape index (κ2) is 7.75. The summed E-state index contributed by atoms with van der Waals surface area (Å²) in [6.07, 6.45) is 1.46. The fourth-order valence-corrected chi connectivity index (χ4v) is 3.19. The molecule has 0 unspecified atom stereocenters. The predicted octanol–water partition coefficient (Wildman–Crippen LogP) is 1.67. The fraction of sp³-hybridized carbons (Fsp3) is 0.350. The number of nitrogens with zero attached hydrogens (tertiary/aromatic N) is 3. The van der Waals surface area contributed by atoms with Crippen molar-refractivity contribution in [1.29, 1.82) is 0 Å². The van der Waals surface area contributed by atoms with E-state index in [0.717, 1.165) is 37.1 Å². The predicted molar refractivity (Wildman–Crippen MR) is 107 cm³/mol. The highest BCUT2D eigenvalue weighted by atomic mass is 16.2. The molecule has 0 radical (unpaired) electrons. The van der Waals surface area contributed by atoms with Crippen LogP contribution in [0.25, 0.3) is 10.9 Å². The first kappa shape index (κ1) is 18.8. The van der Waals surface area contributed by atoms with Gasteiger partial charge in [0.2, 0.25) is 5.78 Å². The molecule has 1 saturated heterocycles. The Morgan fingerprint density at radius 2 is 1.89 bits per heavy atom. The Morgan fingerprint density at radius 1 is 1.19 bits per heavy atom. The Morgan fingerprint density at radius 3 is 2.52 bits per heavy atom. The van der Waals surface area contributed by atoms with Crippen molar-refractivity contribution in [3.05, 3.63) is 46.8 Å². The Labute approximate surface area is 158 Å². The summed E-state index contributed by atoms with van der Waals surface area (Å²) in [6, 6.07) is 7.22. The molecule has 2 heterocycles. The Bertz CT molecular complexity index is 929. The summed E-state index contributed by atoms with van der Waals surface area (Å²) in [4.78, 5) is 36.6. The molecule has 7 nitrogen and oxygen atoms in total. The molecule has 3 rings (SSSR count). The number of allylic oxidation sites excluding steroid dienone is 2. The van der Waals surface area contributed by atoms with Gasteiger partial charge in [0, 0.05) is 61.6 Å². The summed E-state index contributed by atoms with van der Waals surface area (Å²) in [5.74, 6) is -0.195.